The van der Waals surface area contributed by atoms with E-state index in [9.17, 15) is 5.11 Å². The van der Waals surface area contributed by atoms with E-state index in [1.165, 1.54) is 0 Å². The SMILES string of the molecule is COCOc1ccc(-c2ccc3c(c2CO)C(C)=CC(C)(C)N3)c(OC)c1. The van der Waals surface area contributed by atoms with E-state index in [0.717, 1.165) is 33.5 Å². The van der Waals surface area contributed by atoms with Gasteiger partial charge in [0.2, 0.25) is 0 Å². The molecule has 1 heterocycles. The van der Waals surface area contributed by atoms with E-state index in [0.29, 0.717) is 11.5 Å². The molecule has 2 aromatic carbocycles. The number of rotatable bonds is 6. The van der Waals surface area contributed by atoms with Gasteiger partial charge in [-0.15, -0.1) is 0 Å². The molecule has 1 aliphatic heterocycles. The molecule has 0 saturated carbocycles. The van der Waals surface area contributed by atoms with Crippen molar-refractivity contribution >= 4 is 11.3 Å². The Labute approximate surface area is 160 Å². The van der Waals surface area contributed by atoms with Gasteiger partial charge in [0.1, 0.15) is 11.5 Å². The Morgan fingerprint density at radius 3 is 2.48 bits per heavy atom. The highest BCUT2D eigenvalue weighted by atomic mass is 16.7. The minimum atomic E-state index is -0.122. The number of aliphatic hydroxyl groups is 1. The Bertz CT molecular complexity index is 871. The van der Waals surface area contributed by atoms with E-state index >= 15 is 0 Å². The van der Waals surface area contributed by atoms with Crippen molar-refractivity contribution in [2.24, 2.45) is 0 Å². The molecule has 0 saturated heterocycles. The third-order valence-corrected chi connectivity index (χ3v) is 4.71. The second-order valence-electron chi connectivity index (χ2n) is 7.26. The number of fused-ring (bicyclic) bond motifs is 1. The van der Waals surface area contributed by atoms with Crippen molar-refractivity contribution in [2.75, 3.05) is 26.3 Å². The van der Waals surface area contributed by atoms with Crippen molar-refractivity contribution in [1.29, 1.82) is 0 Å². The summed E-state index contributed by atoms with van der Waals surface area (Å²) in [4.78, 5) is 0. The lowest BCUT2D eigenvalue weighted by molar-refractivity contribution is 0.0510. The zero-order valence-corrected chi connectivity index (χ0v) is 16.6. The van der Waals surface area contributed by atoms with E-state index in [-0.39, 0.29) is 18.9 Å². The molecule has 0 bridgehead atoms. The summed E-state index contributed by atoms with van der Waals surface area (Å²) in [7, 11) is 3.21. The first kappa shape index (κ1) is 19.3. The summed E-state index contributed by atoms with van der Waals surface area (Å²) in [6, 6.07) is 9.75. The van der Waals surface area contributed by atoms with E-state index in [4.69, 9.17) is 14.2 Å². The fourth-order valence-corrected chi connectivity index (χ4v) is 3.73. The van der Waals surface area contributed by atoms with Gasteiger partial charge in [-0.2, -0.15) is 0 Å². The van der Waals surface area contributed by atoms with Crippen LogP contribution in [0.1, 0.15) is 31.9 Å². The topological polar surface area (TPSA) is 60.0 Å². The lowest BCUT2D eigenvalue weighted by Crippen LogP contribution is -2.31. The van der Waals surface area contributed by atoms with Crippen LogP contribution < -0.4 is 14.8 Å². The van der Waals surface area contributed by atoms with Crippen LogP contribution in [-0.2, 0) is 11.3 Å². The standard InChI is InChI=1S/C22H27NO4/c1-14-11-22(2,3)23-19-9-8-16(18(12-24)21(14)19)17-7-6-15(27-13-25-4)10-20(17)26-5/h6-11,23-24H,12-13H2,1-5H3. The molecule has 0 unspecified atom stereocenters. The Balaban J connectivity index is 2.12. The first-order chi connectivity index (χ1) is 12.9. The van der Waals surface area contributed by atoms with Gasteiger partial charge in [-0.3, -0.25) is 0 Å². The van der Waals surface area contributed by atoms with Crippen LogP contribution in [0.2, 0.25) is 0 Å². The number of ether oxygens (including phenoxy) is 3. The Hall–Kier alpha value is -2.50. The highest BCUT2D eigenvalue weighted by molar-refractivity contribution is 5.88. The summed E-state index contributed by atoms with van der Waals surface area (Å²) < 4.78 is 16.0. The first-order valence-electron chi connectivity index (χ1n) is 8.95. The van der Waals surface area contributed by atoms with Gasteiger partial charge in [-0.05, 0) is 55.7 Å². The summed E-state index contributed by atoms with van der Waals surface area (Å²) in [6.07, 6.45) is 2.19. The van der Waals surface area contributed by atoms with Gasteiger partial charge in [-0.1, -0.05) is 12.1 Å². The van der Waals surface area contributed by atoms with E-state index in [1.807, 2.05) is 24.3 Å². The van der Waals surface area contributed by atoms with Gasteiger partial charge in [0.25, 0.3) is 0 Å². The minimum absolute atomic E-state index is 0.0587. The second kappa shape index (κ2) is 7.62. The summed E-state index contributed by atoms with van der Waals surface area (Å²) in [6.45, 7) is 6.47. The van der Waals surface area contributed by atoms with Crippen LogP contribution in [0.3, 0.4) is 0 Å². The molecule has 144 valence electrons. The van der Waals surface area contributed by atoms with E-state index in [2.05, 4.69) is 38.2 Å². The molecule has 0 spiro atoms. The fourth-order valence-electron chi connectivity index (χ4n) is 3.73. The van der Waals surface area contributed by atoms with Gasteiger partial charge in [-0.25, -0.2) is 0 Å². The largest absolute Gasteiger partial charge is 0.496 e. The molecule has 0 atom stereocenters. The molecule has 0 amide bonds. The Morgan fingerprint density at radius 1 is 1.07 bits per heavy atom. The Kier molecular flexibility index (Phi) is 5.44. The maximum Gasteiger partial charge on any atom is 0.188 e. The Morgan fingerprint density at radius 2 is 1.81 bits per heavy atom. The number of hydrogen-bond acceptors (Lipinski definition) is 5. The molecule has 5 nitrogen and oxygen atoms in total. The fraction of sp³-hybridized carbons (Fsp3) is 0.364. The number of anilines is 1. The van der Waals surface area contributed by atoms with Crippen molar-refractivity contribution in [3.8, 4) is 22.6 Å². The maximum absolute atomic E-state index is 10.2. The van der Waals surface area contributed by atoms with Crippen LogP contribution in [-0.4, -0.2) is 31.7 Å². The quantitative estimate of drug-likeness (QED) is 0.737. The molecule has 5 heteroatoms. The van der Waals surface area contributed by atoms with Crippen LogP contribution >= 0.6 is 0 Å². The summed E-state index contributed by atoms with van der Waals surface area (Å²) >= 11 is 0. The lowest BCUT2D eigenvalue weighted by atomic mass is 9.85. The molecule has 27 heavy (non-hydrogen) atoms. The van der Waals surface area contributed by atoms with Crippen LogP contribution in [0.4, 0.5) is 5.69 Å². The highest BCUT2D eigenvalue weighted by Gasteiger charge is 2.26. The van der Waals surface area contributed by atoms with Gasteiger partial charge in [0.15, 0.2) is 6.79 Å². The van der Waals surface area contributed by atoms with Gasteiger partial charge in [0.05, 0.1) is 19.3 Å². The smallest absolute Gasteiger partial charge is 0.188 e. The predicted molar refractivity (Wildman–Crippen MR) is 108 cm³/mol. The summed E-state index contributed by atoms with van der Waals surface area (Å²) in [5, 5.41) is 13.7. The van der Waals surface area contributed by atoms with E-state index < -0.39 is 0 Å². The average molecular weight is 369 g/mol. The maximum atomic E-state index is 10.2. The molecule has 0 aliphatic carbocycles. The first-order valence-corrected chi connectivity index (χ1v) is 8.95. The number of benzene rings is 2. The molecule has 1 aliphatic rings. The van der Waals surface area contributed by atoms with Gasteiger partial charge in [0, 0.05) is 30.0 Å². The highest BCUT2D eigenvalue weighted by Crippen LogP contribution is 2.43. The monoisotopic (exact) mass is 369 g/mol. The van der Waals surface area contributed by atoms with Crippen LogP contribution in [0.5, 0.6) is 11.5 Å². The molecule has 2 N–H and O–H groups in total. The molecule has 2 aromatic rings. The lowest BCUT2D eigenvalue weighted by Gasteiger charge is -2.33. The van der Waals surface area contributed by atoms with Gasteiger partial charge >= 0.3 is 0 Å². The van der Waals surface area contributed by atoms with Gasteiger partial charge < -0.3 is 24.6 Å². The second-order valence-corrected chi connectivity index (χ2v) is 7.26. The zero-order valence-electron chi connectivity index (χ0n) is 16.6. The van der Waals surface area contributed by atoms with Crippen molar-refractivity contribution in [1.82, 2.24) is 0 Å². The molecule has 3 rings (SSSR count). The van der Waals surface area contributed by atoms with Crippen molar-refractivity contribution in [3.63, 3.8) is 0 Å². The van der Waals surface area contributed by atoms with Crippen molar-refractivity contribution in [2.45, 2.75) is 32.9 Å². The predicted octanol–water partition coefficient (Wildman–Crippen LogP) is 4.44. The molecular weight excluding hydrogens is 342 g/mol. The third-order valence-electron chi connectivity index (χ3n) is 4.71. The number of hydrogen-bond donors (Lipinski definition) is 2. The van der Waals surface area contributed by atoms with Crippen LogP contribution in [0.15, 0.2) is 36.4 Å². The summed E-state index contributed by atoms with van der Waals surface area (Å²) in [5.74, 6) is 1.35. The number of allylic oxidation sites excluding steroid dienone is 1. The minimum Gasteiger partial charge on any atom is -0.496 e. The van der Waals surface area contributed by atoms with Crippen molar-refractivity contribution < 1.29 is 19.3 Å². The number of aliphatic hydroxyl groups excluding tert-OH is 1. The average Bonchev–Trinajstić information content (AvgIpc) is 2.64. The number of nitrogens with one attached hydrogen (secondary N) is 1. The third kappa shape index (κ3) is 3.80. The zero-order chi connectivity index (χ0) is 19.6. The van der Waals surface area contributed by atoms with Crippen molar-refractivity contribution in [3.05, 3.63) is 47.5 Å². The van der Waals surface area contributed by atoms with Crippen LogP contribution in [0, 0.1) is 0 Å². The summed E-state index contributed by atoms with van der Waals surface area (Å²) in [5.41, 5.74) is 5.85. The van der Waals surface area contributed by atoms with Crippen LogP contribution in [0.25, 0.3) is 16.7 Å². The number of methoxy groups -OCH3 is 2. The molecular formula is C22H27NO4. The normalized spacial score (nSPS) is 14.8. The van der Waals surface area contributed by atoms with E-state index in [1.54, 1.807) is 14.2 Å². The molecule has 0 radical (unpaired) electrons. The molecule has 0 aromatic heterocycles. The molecule has 0 fully saturated rings.